The Morgan fingerprint density at radius 1 is 1.03 bits per heavy atom. The normalized spacial score (nSPS) is 11.8. The molecule has 0 saturated carbocycles. The monoisotopic (exact) mass is 400 g/mol. The van der Waals surface area contributed by atoms with Crippen molar-refractivity contribution in [3.05, 3.63) is 65.5 Å². The van der Waals surface area contributed by atoms with Crippen molar-refractivity contribution in [3.63, 3.8) is 0 Å². The van der Waals surface area contributed by atoms with Gasteiger partial charge in [0.15, 0.2) is 0 Å². The van der Waals surface area contributed by atoms with Crippen molar-refractivity contribution in [2.75, 3.05) is 7.11 Å². The Bertz CT molecular complexity index is 804. The largest absolute Gasteiger partial charge is 0.497 e. The van der Waals surface area contributed by atoms with E-state index < -0.39 is 6.04 Å². The number of nitrogens with one attached hydrogen (secondary N) is 1. The summed E-state index contributed by atoms with van der Waals surface area (Å²) in [4.78, 5) is 27.5. The molecular weight excluding hydrogens is 371 g/mol. The average Bonchev–Trinajstić information content (AvgIpc) is 2.69. The number of ether oxygens (including phenoxy) is 1. The maximum absolute atomic E-state index is 13.3. The van der Waals surface area contributed by atoms with Crippen LogP contribution in [0.3, 0.4) is 0 Å². The first-order chi connectivity index (χ1) is 13.8. The number of nitrogens with zero attached hydrogens (tertiary/aromatic N) is 1. The zero-order valence-corrected chi connectivity index (χ0v) is 17.4. The van der Waals surface area contributed by atoms with Gasteiger partial charge in [0.05, 0.1) is 13.5 Å². The highest BCUT2D eigenvalue weighted by Crippen LogP contribution is 2.17. The number of hydrogen-bond acceptors (Lipinski definition) is 3. The van der Waals surface area contributed by atoms with E-state index in [0.29, 0.717) is 12.2 Å². The number of rotatable bonds is 9. The van der Waals surface area contributed by atoms with Crippen LogP contribution in [0.1, 0.15) is 38.3 Å². The topological polar surface area (TPSA) is 58.6 Å². The van der Waals surface area contributed by atoms with E-state index >= 15 is 0 Å². The van der Waals surface area contributed by atoms with E-state index in [-0.39, 0.29) is 36.6 Å². The second-order valence-corrected chi connectivity index (χ2v) is 7.26. The van der Waals surface area contributed by atoms with Crippen LogP contribution in [0.5, 0.6) is 5.75 Å². The van der Waals surface area contributed by atoms with Gasteiger partial charge in [-0.2, -0.15) is 0 Å². The molecule has 0 unspecified atom stereocenters. The maximum atomic E-state index is 13.3. The molecule has 0 aromatic heterocycles. The van der Waals surface area contributed by atoms with E-state index in [0.717, 1.165) is 11.1 Å². The van der Waals surface area contributed by atoms with E-state index in [4.69, 9.17) is 4.74 Å². The highest BCUT2D eigenvalue weighted by Gasteiger charge is 2.29. The molecule has 0 aliphatic rings. The minimum Gasteiger partial charge on any atom is -0.497 e. The number of benzene rings is 2. The molecule has 1 N–H and O–H groups in total. The average molecular weight is 400 g/mol. The number of amides is 2. The molecule has 0 spiro atoms. The highest BCUT2D eigenvalue weighted by molar-refractivity contribution is 5.88. The fourth-order valence-corrected chi connectivity index (χ4v) is 3.11. The smallest absolute Gasteiger partial charge is 0.243 e. The van der Waals surface area contributed by atoms with Gasteiger partial charge in [-0.3, -0.25) is 9.59 Å². The minimum atomic E-state index is -0.604. The van der Waals surface area contributed by atoms with Crippen LogP contribution in [0.2, 0.25) is 0 Å². The van der Waals surface area contributed by atoms with Crippen molar-refractivity contribution in [1.82, 2.24) is 10.2 Å². The summed E-state index contributed by atoms with van der Waals surface area (Å²) in [5.41, 5.74) is 1.60. The zero-order chi connectivity index (χ0) is 21.4. The number of hydrogen-bond donors (Lipinski definition) is 1. The van der Waals surface area contributed by atoms with Crippen LogP contribution in [0, 0.1) is 5.82 Å². The van der Waals surface area contributed by atoms with Gasteiger partial charge in [0, 0.05) is 12.6 Å². The molecular formula is C23H29FN2O3. The molecule has 0 bridgehead atoms. The maximum Gasteiger partial charge on any atom is 0.243 e. The molecule has 0 aliphatic heterocycles. The Balaban J connectivity index is 2.26. The second-order valence-electron chi connectivity index (χ2n) is 7.26. The molecule has 0 radical (unpaired) electrons. The third-order valence-electron chi connectivity index (χ3n) is 4.60. The Morgan fingerprint density at radius 2 is 1.62 bits per heavy atom. The molecule has 0 aliphatic carbocycles. The molecule has 1 atom stereocenters. The molecule has 0 heterocycles. The summed E-state index contributed by atoms with van der Waals surface area (Å²) < 4.78 is 18.4. The van der Waals surface area contributed by atoms with E-state index in [1.807, 2.05) is 32.9 Å². The minimum absolute atomic E-state index is 0.0269. The molecule has 5 nitrogen and oxygen atoms in total. The van der Waals surface area contributed by atoms with Crippen LogP contribution in [-0.2, 0) is 22.6 Å². The lowest BCUT2D eigenvalue weighted by Crippen LogP contribution is -2.50. The van der Waals surface area contributed by atoms with E-state index in [1.165, 1.54) is 12.1 Å². The van der Waals surface area contributed by atoms with Crippen molar-refractivity contribution in [2.24, 2.45) is 0 Å². The van der Waals surface area contributed by atoms with Gasteiger partial charge < -0.3 is 15.0 Å². The van der Waals surface area contributed by atoms with Gasteiger partial charge >= 0.3 is 0 Å². The molecule has 156 valence electrons. The summed E-state index contributed by atoms with van der Waals surface area (Å²) in [5.74, 6) is 0.0273. The Morgan fingerprint density at radius 3 is 2.14 bits per heavy atom. The Labute approximate surface area is 171 Å². The van der Waals surface area contributed by atoms with Gasteiger partial charge in [-0.05, 0) is 55.7 Å². The first-order valence-corrected chi connectivity index (χ1v) is 9.81. The molecule has 6 heteroatoms. The van der Waals surface area contributed by atoms with Crippen LogP contribution in [0.4, 0.5) is 4.39 Å². The highest BCUT2D eigenvalue weighted by atomic mass is 19.1. The number of methoxy groups -OCH3 is 1. The number of carbonyl (C=O) groups is 2. The number of carbonyl (C=O) groups excluding carboxylic acids is 2. The first kappa shape index (κ1) is 22.4. The summed E-state index contributed by atoms with van der Waals surface area (Å²) in [6, 6.07) is 12.6. The Kier molecular flexibility index (Phi) is 8.19. The van der Waals surface area contributed by atoms with Crippen molar-refractivity contribution in [2.45, 2.75) is 52.2 Å². The first-order valence-electron chi connectivity index (χ1n) is 9.81. The van der Waals surface area contributed by atoms with E-state index in [2.05, 4.69) is 5.32 Å². The van der Waals surface area contributed by atoms with Gasteiger partial charge in [-0.25, -0.2) is 4.39 Å². The quantitative estimate of drug-likeness (QED) is 0.698. The zero-order valence-electron chi connectivity index (χ0n) is 17.4. The molecule has 2 aromatic rings. The summed E-state index contributed by atoms with van der Waals surface area (Å²) in [6.45, 7) is 5.88. The molecule has 2 rings (SSSR count). The molecule has 0 saturated heterocycles. The molecule has 0 fully saturated rings. The molecule has 2 aromatic carbocycles. The van der Waals surface area contributed by atoms with Crippen LogP contribution >= 0.6 is 0 Å². The SMILES string of the molecule is CC[C@H](C(=O)NC(C)C)N(Cc1ccc(F)cc1)C(=O)Cc1ccc(OC)cc1. The summed E-state index contributed by atoms with van der Waals surface area (Å²) >= 11 is 0. The van der Waals surface area contributed by atoms with Crippen molar-refractivity contribution >= 4 is 11.8 Å². The van der Waals surface area contributed by atoms with Crippen molar-refractivity contribution < 1.29 is 18.7 Å². The predicted molar refractivity (Wildman–Crippen MR) is 111 cm³/mol. The molecule has 29 heavy (non-hydrogen) atoms. The van der Waals surface area contributed by atoms with E-state index in [9.17, 15) is 14.0 Å². The van der Waals surface area contributed by atoms with Crippen LogP contribution in [0.15, 0.2) is 48.5 Å². The summed E-state index contributed by atoms with van der Waals surface area (Å²) in [6.07, 6.45) is 0.644. The second kappa shape index (κ2) is 10.6. The third-order valence-corrected chi connectivity index (χ3v) is 4.60. The standard InChI is InChI=1S/C23H29FN2O3/c1-5-21(23(28)25-16(2)3)26(15-18-6-10-19(24)11-7-18)22(27)14-17-8-12-20(29-4)13-9-17/h6-13,16,21H,5,14-15H2,1-4H3,(H,25,28)/t21-/m1/s1. The van der Waals surface area contributed by atoms with Crippen LogP contribution in [-0.4, -0.2) is 35.9 Å². The van der Waals surface area contributed by atoms with Gasteiger partial charge in [0.2, 0.25) is 11.8 Å². The van der Waals surface area contributed by atoms with Gasteiger partial charge in [0.25, 0.3) is 0 Å². The summed E-state index contributed by atoms with van der Waals surface area (Å²) in [5, 5.41) is 2.89. The van der Waals surface area contributed by atoms with Gasteiger partial charge in [0.1, 0.15) is 17.6 Å². The fraction of sp³-hybridized carbons (Fsp3) is 0.391. The van der Waals surface area contributed by atoms with E-state index in [1.54, 1.807) is 36.3 Å². The molecule has 2 amide bonds. The predicted octanol–water partition coefficient (Wildman–Crippen LogP) is 3.71. The lowest BCUT2D eigenvalue weighted by molar-refractivity contribution is -0.141. The van der Waals surface area contributed by atoms with Crippen molar-refractivity contribution in [3.8, 4) is 5.75 Å². The number of halogens is 1. The Hall–Kier alpha value is -2.89. The third kappa shape index (κ3) is 6.59. The van der Waals surface area contributed by atoms with Crippen LogP contribution in [0.25, 0.3) is 0 Å². The lowest BCUT2D eigenvalue weighted by Gasteiger charge is -2.31. The fourth-order valence-electron chi connectivity index (χ4n) is 3.11. The van der Waals surface area contributed by atoms with Crippen molar-refractivity contribution in [1.29, 1.82) is 0 Å². The van der Waals surface area contributed by atoms with Crippen LogP contribution < -0.4 is 10.1 Å². The lowest BCUT2D eigenvalue weighted by atomic mass is 10.1. The van der Waals surface area contributed by atoms with Gasteiger partial charge in [-0.15, -0.1) is 0 Å². The summed E-state index contributed by atoms with van der Waals surface area (Å²) in [7, 11) is 1.59. The van der Waals surface area contributed by atoms with Gasteiger partial charge in [-0.1, -0.05) is 31.2 Å².